The Hall–Kier alpha value is -1.88. The number of aromatic nitrogens is 1. The van der Waals surface area contributed by atoms with Gasteiger partial charge in [0.1, 0.15) is 0 Å². The smallest absolute Gasteiger partial charge is 0.310 e. The Labute approximate surface area is 139 Å². The summed E-state index contributed by atoms with van der Waals surface area (Å²) in [5.41, 5.74) is 2.89. The Morgan fingerprint density at radius 2 is 2.00 bits per heavy atom. The number of rotatable bonds is 7. The minimum Gasteiger partial charge on any atom is -0.466 e. The van der Waals surface area contributed by atoms with E-state index >= 15 is 0 Å². The van der Waals surface area contributed by atoms with Crippen molar-refractivity contribution < 1.29 is 14.3 Å². The van der Waals surface area contributed by atoms with Crippen molar-refractivity contribution in [2.45, 2.75) is 26.2 Å². The molecule has 0 saturated carbocycles. The van der Waals surface area contributed by atoms with Gasteiger partial charge in [0.2, 0.25) is 0 Å². The van der Waals surface area contributed by atoms with Crippen LogP contribution in [0.4, 0.5) is 0 Å². The number of para-hydroxylation sites is 1. The highest BCUT2D eigenvalue weighted by atomic mass is 32.2. The maximum absolute atomic E-state index is 11.9. The molecule has 0 aliphatic heterocycles. The molecule has 1 N–H and O–H groups in total. The molecule has 0 unspecified atom stereocenters. The van der Waals surface area contributed by atoms with Gasteiger partial charge in [0.25, 0.3) is 0 Å². The van der Waals surface area contributed by atoms with Crippen LogP contribution in [0.15, 0.2) is 24.3 Å². The summed E-state index contributed by atoms with van der Waals surface area (Å²) in [7, 11) is 0.00570. The number of fused-ring (bicyclic) bond motifs is 1. The average molecular weight is 333 g/mol. The quantitative estimate of drug-likeness (QED) is 0.626. The van der Waals surface area contributed by atoms with Crippen molar-refractivity contribution >= 4 is 38.5 Å². The van der Waals surface area contributed by atoms with Crippen LogP contribution in [0.1, 0.15) is 24.6 Å². The van der Waals surface area contributed by atoms with Crippen LogP contribution in [0.25, 0.3) is 10.9 Å². The minimum absolute atomic E-state index is 0.00570. The number of Topliss-reactive ketones (excluding diaryl/α,β-unsaturated/α-hetero) is 1. The molecule has 0 fully saturated rings. The highest BCUT2D eigenvalue weighted by molar-refractivity contribution is 8.14. The Balaban J connectivity index is 2.25. The number of ether oxygens (including phenoxy) is 1. The molecule has 2 aromatic rings. The van der Waals surface area contributed by atoms with E-state index in [1.54, 1.807) is 12.3 Å². The number of nitrogens with one attached hydrogen (secondary N) is 1. The highest BCUT2D eigenvalue weighted by Gasteiger charge is 2.15. The number of aromatic amines is 1. The van der Waals surface area contributed by atoms with E-state index in [0.29, 0.717) is 19.4 Å². The maximum atomic E-state index is 11.9. The summed E-state index contributed by atoms with van der Waals surface area (Å²) in [6.07, 6.45) is 5.33. The van der Waals surface area contributed by atoms with E-state index in [9.17, 15) is 9.59 Å². The standard InChI is InChI=1S/C18H23NO3S/c1-4-22-18(21)11-15-14-7-5-6-8-16(14)19-17(15)10-9-13(20)12-23(2)3/h5-8,12,19H,4,9-11H2,1-3H3. The normalized spacial score (nSPS) is 11.0. The predicted molar refractivity (Wildman–Crippen MR) is 97.5 cm³/mol. The zero-order valence-corrected chi connectivity index (χ0v) is 14.7. The summed E-state index contributed by atoms with van der Waals surface area (Å²) in [4.78, 5) is 27.2. The molecule has 1 heterocycles. The van der Waals surface area contributed by atoms with Crippen molar-refractivity contribution in [3.63, 3.8) is 0 Å². The molecule has 0 spiro atoms. The van der Waals surface area contributed by atoms with Crippen molar-refractivity contribution in [2.75, 3.05) is 19.1 Å². The molecule has 1 aromatic heterocycles. The number of H-pyrrole nitrogens is 1. The topological polar surface area (TPSA) is 59.2 Å². The predicted octanol–water partition coefficient (Wildman–Crippen LogP) is 3.11. The molecule has 0 radical (unpaired) electrons. The zero-order chi connectivity index (χ0) is 16.8. The minimum atomic E-state index is -0.236. The third kappa shape index (κ3) is 4.79. The maximum Gasteiger partial charge on any atom is 0.310 e. The SMILES string of the molecule is CCOC(=O)Cc1c(CCC(=O)C=S(C)C)[nH]c2ccccc12. The molecular weight excluding hydrogens is 310 g/mol. The molecule has 0 aliphatic rings. The fourth-order valence-corrected chi connectivity index (χ4v) is 3.24. The first-order valence-electron chi connectivity index (χ1n) is 7.69. The van der Waals surface area contributed by atoms with E-state index in [1.165, 1.54) is 0 Å². The van der Waals surface area contributed by atoms with Crippen LogP contribution in [0.2, 0.25) is 0 Å². The molecule has 0 bridgehead atoms. The third-order valence-corrected chi connectivity index (χ3v) is 4.25. The van der Waals surface area contributed by atoms with E-state index in [4.69, 9.17) is 4.74 Å². The summed E-state index contributed by atoms with van der Waals surface area (Å²) in [6, 6.07) is 7.88. The third-order valence-electron chi connectivity index (χ3n) is 3.52. The van der Waals surface area contributed by atoms with Crippen molar-refractivity contribution in [1.29, 1.82) is 0 Å². The van der Waals surface area contributed by atoms with Gasteiger partial charge in [-0.2, -0.15) is 10.5 Å². The first-order chi connectivity index (χ1) is 11.0. The van der Waals surface area contributed by atoms with Gasteiger partial charge < -0.3 is 9.72 Å². The molecular formula is C18H23NO3S. The number of esters is 1. The van der Waals surface area contributed by atoms with Crippen LogP contribution in [-0.2, 0) is 27.2 Å². The van der Waals surface area contributed by atoms with Gasteiger partial charge in [-0.25, -0.2) is 0 Å². The second-order valence-electron chi connectivity index (χ2n) is 5.57. The van der Waals surface area contributed by atoms with Gasteiger partial charge in [-0.3, -0.25) is 9.59 Å². The second-order valence-corrected chi connectivity index (χ2v) is 7.57. The molecule has 0 aliphatic carbocycles. The fraction of sp³-hybridized carbons (Fsp3) is 0.389. The first kappa shape index (κ1) is 17.5. The summed E-state index contributed by atoms with van der Waals surface area (Å²) in [6.45, 7) is 2.18. The van der Waals surface area contributed by atoms with E-state index in [1.807, 2.05) is 36.8 Å². The molecule has 0 amide bonds. The van der Waals surface area contributed by atoms with Crippen LogP contribution in [0.5, 0.6) is 0 Å². The number of ketones is 1. The van der Waals surface area contributed by atoms with Crippen LogP contribution in [-0.4, -0.2) is 41.2 Å². The highest BCUT2D eigenvalue weighted by Crippen LogP contribution is 2.24. The van der Waals surface area contributed by atoms with E-state index in [2.05, 4.69) is 4.98 Å². The van der Waals surface area contributed by atoms with Crippen LogP contribution < -0.4 is 0 Å². The van der Waals surface area contributed by atoms with Crippen LogP contribution >= 0.6 is 10.5 Å². The Kier molecular flexibility index (Phi) is 6.16. The van der Waals surface area contributed by atoms with Crippen LogP contribution in [0, 0.1) is 0 Å². The van der Waals surface area contributed by atoms with Crippen molar-refractivity contribution in [3.8, 4) is 0 Å². The van der Waals surface area contributed by atoms with Gasteiger partial charge in [-0.15, -0.1) is 0 Å². The lowest BCUT2D eigenvalue weighted by Gasteiger charge is -2.05. The van der Waals surface area contributed by atoms with E-state index in [-0.39, 0.29) is 28.7 Å². The van der Waals surface area contributed by atoms with Crippen molar-refractivity contribution in [3.05, 3.63) is 35.5 Å². The average Bonchev–Trinajstić information content (AvgIpc) is 2.83. The van der Waals surface area contributed by atoms with E-state index < -0.39 is 0 Å². The number of hydrogen-bond donors (Lipinski definition) is 1. The van der Waals surface area contributed by atoms with Gasteiger partial charge >= 0.3 is 5.97 Å². The summed E-state index contributed by atoms with van der Waals surface area (Å²) in [5.74, 6) is -0.0841. The number of carbonyl (C=O) groups excluding carboxylic acids is 2. The second kappa shape index (κ2) is 8.11. The molecule has 4 nitrogen and oxygen atoms in total. The van der Waals surface area contributed by atoms with Gasteiger partial charge in [0, 0.05) is 28.4 Å². The monoisotopic (exact) mass is 333 g/mol. The van der Waals surface area contributed by atoms with Gasteiger partial charge in [-0.1, -0.05) is 18.2 Å². The van der Waals surface area contributed by atoms with Gasteiger partial charge in [0.05, 0.1) is 13.0 Å². The molecule has 23 heavy (non-hydrogen) atoms. The van der Waals surface area contributed by atoms with Gasteiger partial charge in [-0.05, 0) is 37.5 Å². The number of hydrogen-bond acceptors (Lipinski definition) is 3. The largest absolute Gasteiger partial charge is 0.466 e. The molecule has 0 atom stereocenters. The molecule has 0 saturated heterocycles. The number of benzene rings is 1. The van der Waals surface area contributed by atoms with Crippen molar-refractivity contribution in [2.24, 2.45) is 0 Å². The van der Waals surface area contributed by atoms with E-state index in [0.717, 1.165) is 22.2 Å². The molecule has 2 rings (SSSR count). The van der Waals surface area contributed by atoms with Crippen molar-refractivity contribution in [1.82, 2.24) is 4.98 Å². The molecule has 124 valence electrons. The summed E-state index contributed by atoms with van der Waals surface area (Å²) >= 11 is 0. The lowest BCUT2D eigenvalue weighted by atomic mass is 10.0. The summed E-state index contributed by atoms with van der Waals surface area (Å²) in [5, 5.41) is 2.80. The first-order valence-corrected chi connectivity index (χ1v) is 9.79. The van der Waals surface area contributed by atoms with Gasteiger partial charge in [0.15, 0.2) is 5.78 Å². The lowest BCUT2D eigenvalue weighted by Crippen LogP contribution is -2.09. The molecule has 1 aromatic carbocycles. The van der Waals surface area contributed by atoms with Crippen LogP contribution in [0.3, 0.4) is 0 Å². The number of aryl methyl sites for hydroxylation is 1. The zero-order valence-electron chi connectivity index (χ0n) is 13.8. The fourth-order valence-electron chi connectivity index (χ4n) is 2.60. The number of carbonyl (C=O) groups is 2. The molecule has 5 heteroatoms. The Morgan fingerprint density at radius 3 is 2.70 bits per heavy atom. The Bertz CT molecular complexity index is 742. The lowest BCUT2D eigenvalue weighted by molar-refractivity contribution is -0.142. The summed E-state index contributed by atoms with van der Waals surface area (Å²) < 4.78 is 5.07. The Morgan fingerprint density at radius 1 is 1.26 bits per heavy atom.